The topological polar surface area (TPSA) is 79.9 Å². The molecule has 0 radical (unpaired) electrons. The van der Waals surface area contributed by atoms with Crippen LogP contribution in [0.2, 0.25) is 0 Å². The molecule has 2 heterocycles. The van der Waals surface area contributed by atoms with E-state index in [0.29, 0.717) is 18.6 Å². The normalized spacial score (nSPS) is 16.5. The highest BCUT2D eigenvalue weighted by molar-refractivity contribution is 5.85. The van der Waals surface area contributed by atoms with E-state index >= 15 is 0 Å². The number of nitrogens with one attached hydrogen (secondary N) is 1. The second-order valence-corrected chi connectivity index (χ2v) is 6.35. The van der Waals surface area contributed by atoms with Gasteiger partial charge in [-0.2, -0.15) is 10.4 Å². The first-order valence-electron chi connectivity index (χ1n) is 8.78. The number of para-hydroxylation sites is 2. The highest BCUT2D eigenvalue weighted by Crippen LogP contribution is 2.33. The van der Waals surface area contributed by atoms with Crippen molar-refractivity contribution in [3.05, 3.63) is 78.1 Å². The van der Waals surface area contributed by atoms with Crippen LogP contribution in [0.1, 0.15) is 29.5 Å². The Morgan fingerprint density at radius 3 is 2.81 bits per heavy atom. The lowest BCUT2D eigenvalue weighted by Gasteiger charge is -2.25. The van der Waals surface area contributed by atoms with Crippen molar-refractivity contribution in [1.82, 2.24) is 15.1 Å². The maximum atomic E-state index is 12.8. The van der Waals surface area contributed by atoms with Crippen molar-refractivity contribution in [2.45, 2.75) is 18.4 Å². The van der Waals surface area contributed by atoms with E-state index in [2.05, 4.69) is 16.5 Å². The molecule has 1 aliphatic rings. The summed E-state index contributed by atoms with van der Waals surface area (Å²) in [5.74, 6) is 0.231. The predicted octanol–water partition coefficient (Wildman–Crippen LogP) is 3.12. The molecule has 0 saturated heterocycles. The van der Waals surface area contributed by atoms with Crippen LogP contribution in [0.25, 0.3) is 5.69 Å². The monoisotopic (exact) mass is 358 g/mol. The molecule has 6 heteroatoms. The molecule has 0 bridgehead atoms. The fraction of sp³-hybridized carbons (Fsp3) is 0.190. The molecule has 27 heavy (non-hydrogen) atoms. The lowest BCUT2D eigenvalue weighted by Crippen LogP contribution is -2.34. The van der Waals surface area contributed by atoms with Crippen LogP contribution in [0.15, 0.2) is 67.0 Å². The van der Waals surface area contributed by atoms with E-state index in [4.69, 9.17) is 4.74 Å². The second kappa shape index (κ2) is 7.34. The molecule has 1 amide bonds. The Hall–Kier alpha value is -3.59. The molecule has 0 aliphatic carbocycles. The van der Waals surface area contributed by atoms with Gasteiger partial charge in [0, 0.05) is 17.3 Å². The van der Waals surface area contributed by atoms with Crippen LogP contribution in [-0.2, 0) is 4.79 Å². The van der Waals surface area contributed by atoms with Crippen LogP contribution in [0.5, 0.6) is 5.75 Å². The van der Waals surface area contributed by atoms with Crippen molar-refractivity contribution in [2.24, 2.45) is 0 Å². The van der Waals surface area contributed by atoms with Gasteiger partial charge in [-0.3, -0.25) is 4.79 Å². The number of nitrogens with zero attached hydrogens (tertiary/aromatic N) is 3. The van der Waals surface area contributed by atoms with Gasteiger partial charge < -0.3 is 10.1 Å². The minimum absolute atomic E-state index is 0.176. The third-order valence-electron chi connectivity index (χ3n) is 4.65. The number of hydrogen-bond acceptors (Lipinski definition) is 4. The van der Waals surface area contributed by atoms with Crippen molar-refractivity contribution in [3.63, 3.8) is 0 Å². The molecular weight excluding hydrogens is 340 g/mol. The Morgan fingerprint density at radius 1 is 1.22 bits per heavy atom. The number of amides is 1. The summed E-state index contributed by atoms with van der Waals surface area (Å²) in [4.78, 5) is 12.8. The molecule has 6 nitrogen and oxygen atoms in total. The average Bonchev–Trinajstić information content (AvgIpc) is 3.22. The lowest BCUT2D eigenvalue weighted by molar-refractivity contribution is -0.123. The Kier molecular flexibility index (Phi) is 4.58. The molecule has 0 fully saturated rings. The quantitative estimate of drug-likeness (QED) is 0.777. The summed E-state index contributed by atoms with van der Waals surface area (Å²) >= 11 is 0. The first-order valence-corrected chi connectivity index (χ1v) is 8.78. The van der Waals surface area contributed by atoms with E-state index in [-0.39, 0.29) is 11.8 Å². The Bertz CT molecular complexity index is 991. The Labute approximate surface area is 157 Å². The third kappa shape index (κ3) is 3.40. The minimum atomic E-state index is -0.759. The number of hydrogen-bond donors (Lipinski definition) is 1. The fourth-order valence-electron chi connectivity index (χ4n) is 3.26. The van der Waals surface area contributed by atoms with E-state index in [0.717, 1.165) is 17.0 Å². The molecule has 0 saturated carbocycles. The Morgan fingerprint density at radius 2 is 2.00 bits per heavy atom. The summed E-state index contributed by atoms with van der Waals surface area (Å²) in [5, 5.41) is 16.7. The van der Waals surface area contributed by atoms with Gasteiger partial charge in [0.25, 0.3) is 0 Å². The molecular formula is C21H18N4O2. The summed E-state index contributed by atoms with van der Waals surface area (Å²) in [6.07, 6.45) is 3.96. The van der Waals surface area contributed by atoms with Gasteiger partial charge in [-0.25, -0.2) is 4.68 Å². The zero-order valence-electron chi connectivity index (χ0n) is 14.6. The fourth-order valence-corrected chi connectivity index (χ4v) is 3.26. The first-order chi connectivity index (χ1) is 13.3. The average molecular weight is 358 g/mol. The first kappa shape index (κ1) is 16.9. The molecule has 3 aromatic rings. The smallest absolute Gasteiger partial charge is 0.229 e. The number of benzene rings is 2. The number of carbonyl (C=O) groups excluding carboxylic acids is 1. The Balaban J connectivity index is 1.53. The molecule has 0 spiro atoms. The number of aromatic nitrogens is 2. The number of fused-ring (bicyclic) bond motifs is 1. The zero-order chi connectivity index (χ0) is 18.6. The van der Waals surface area contributed by atoms with Gasteiger partial charge in [-0.1, -0.05) is 36.4 Å². The largest absolute Gasteiger partial charge is 0.493 e. The number of ether oxygens (including phenoxy) is 1. The number of nitriles is 1. The van der Waals surface area contributed by atoms with Gasteiger partial charge in [0.15, 0.2) is 0 Å². The van der Waals surface area contributed by atoms with Crippen LogP contribution in [0.3, 0.4) is 0 Å². The summed E-state index contributed by atoms with van der Waals surface area (Å²) in [6.45, 7) is 0.484. The molecule has 1 aliphatic heterocycles. The van der Waals surface area contributed by atoms with Gasteiger partial charge in [0.05, 0.1) is 30.5 Å². The van der Waals surface area contributed by atoms with Crippen molar-refractivity contribution < 1.29 is 9.53 Å². The maximum absolute atomic E-state index is 12.8. The van der Waals surface area contributed by atoms with Gasteiger partial charge >= 0.3 is 0 Å². The van der Waals surface area contributed by atoms with Crippen LogP contribution in [0.4, 0.5) is 0 Å². The SMILES string of the molecule is N#C[C@H](NC(=O)[C@H]1CCOc2ccccc21)c1cnn(-c2ccccc2)c1. The van der Waals surface area contributed by atoms with Crippen LogP contribution in [-0.4, -0.2) is 22.3 Å². The lowest BCUT2D eigenvalue weighted by atomic mass is 9.92. The molecule has 134 valence electrons. The van der Waals surface area contributed by atoms with Crippen molar-refractivity contribution >= 4 is 5.91 Å². The van der Waals surface area contributed by atoms with E-state index in [9.17, 15) is 10.1 Å². The highest BCUT2D eigenvalue weighted by Gasteiger charge is 2.29. The highest BCUT2D eigenvalue weighted by atomic mass is 16.5. The standard InChI is InChI=1S/C21H18N4O2/c22-12-19(15-13-23-25(14-15)16-6-2-1-3-7-16)24-21(26)18-10-11-27-20-9-5-4-8-17(18)20/h1-9,13-14,18-19H,10-11H2,(H,24,26)/t18-,19-/m0/s1. The summed E-state index contributed by atoms with van der Waals surface area (Å²) in [6, 6.07) is 18.6. The molecule has 1 N–H and O–H groups in total. The summed E-state index contributed by atoms with van der Waals surface area (Å²) in [7, 11) is 0. The minimum Gasteiger partial charge on any atom is -0.493 e. The van der Waals surface area contributed by atoms with Gasteiger partial charge in [-0.05, 0) is 24.6 Å². The van der Waals surface area contributed by atoms with Gasteiger partial charge in [0.2, 0.25) is 5.91 Å². The van der Waals surface area contributed by atoms with Crippen molar-refractivity contribution in [3.8, 4) is 17.5 Å². The van der Waals surface area contributed by atoms with Crippen LogP contribution < -0.4 is 10.1 Å². The van der Waals surface area contributed by atoms with Crippen molar-refractivity contribution in [1.29, 1.82) is 5.26 Å². The molecule has 2 atom stereocenters. The number of carbonyl (C=O) groups is 1. The maximum Gasteiger partial charge on any atom is 0.229 e. The van der Waals surface area contributed by atoms with Gasteiger partial charge in [-0.15, -0.1) is 0 Å². The van der Waals surface area contributed by atoms with Crippen LogP contribution in [0, 0.1) is 11.3 Å². The van der Waals surface area contributed by atoms with E-state index in [1.165, 1.54) is 0 Å². The van der Waals surface area contributed by atoms with E-state index < -0.39 is 6.04 Å². The molecule has 1 aromatic heterocycles. The summed E-state index contributed by atoms with van der Waals surface area (Å²) < 4.78 is 7.30. The van der Waals surface area contributed by atoms with Crippen molar-refractivity contribution in [2.75, 3.05) is 6.61 Å². The molecule has 0 unspecified atom stereocenters. The zero-order valence-corrected chi connectivity index (χ0v) is 14.6. The van der Waals surface area contributed by atoms with Gasteiger partial charge in [0.1, 0.15) is 11.8 Å². The predicted molar refractivity (Wildman–Crippen MR) is 99.4 cm³/mol. The summed E-state index contributed by atoms with van der Waals surface area (Å²) in [5.41, 5.74) is 2.40. The second-order valence-electron chi connectivity index (χ2n) is 6.35. The number of rotatable bonds is 4. The van der Waals surface area contributed by atoms with Crippen LogP contribution >= 0.6 is 0 Å². The van der Waals surface area contributed by atoms with E-state index in [1.54, 1.807) is 17.1 Å². The third-order valence-corrected chi connectivity index (χ3v) is 4.65. The van der Waals surface area contributed by atoms with E-state index in [1.807, 2.05) is 54.6 Å². The molecule has 2 aromatic carbocycles. The molecule has 4 rings (SSSR count).